The van der Waals surface area contributed by atoms with Crippen molar-refractivity contribution in [3.8, 4) is 5.75 Å². The Bertz CT molecular complexity index is 388. The number of ether oxygens (including phenoxy) is 1. The molecule has 1 atom stereocenters. The summed E-state index contributed by atoms with van der Waals surface area (Å²) < 4.78 is 5.35. The maximum Gasteiger partial charge on any atom is 0.122 e. The van der Waals surface area contributed by atoms with Crippen LogP contribution in [0.1, 0.15) is 19.4 Å². The van der Waals surface area contributed by atoms with Gasteiger partial charge in [0.25, 0.3) is 0 Å². The van der Waals surface area contributed by atoms with Gasteiger partial charge in [0.15, 0.2) is 0 Å². The minimum absolute atomic E-state index is 0.219. The summed E-state index contributed by atoms with van der Waals surface area (Å²) in [6, 6.07) is 5.89. The molecule has 1 unspecified atom stereocenters. The molecule has 0 aliphatic heterocycles. The van der Waals surface area contributed by atoms with Crippen molar-refractivity contribution >= 4 is 23.4 Å². The Morgan fingerprint density at radius 2 is 2.11 bits per heavy atom. The first-order valence-electron chi connectivity index (χ1n) is 6.43. The number of nitrogens with one attached hydrogen (secondary N) is 1. The molecule has 1 rings (SSSR count). The largest absolute Gasteiger partial charge is 0.496 e. The summed E-state index contributed by atoms with van der Waals surface area (Å²) in [7, 11) is 1.67. The summed E-state index contributed by atoms with van der Waals surface area (Å²) >= 11 is 7.95. The third-order valence-corrected chi connectivity index (χ3v) is 4.49. The van der Waals surface area contributed by atoms with Crippen molar-refractivity contribution < 1.29 is 4.74 Å². The Kier molecular flexibility index (Phi) is 7.61. The van der Waals surface area contributed by atoms with Gasteiger partial charge in [0.05, 0.1) is 7.11 Å². The monoisotopic (exact) mass is 302 g/mol. The maximum absolute atomic E-state index is 6.03. The number of methoxy groups -OCH3 is 1. The minimum Gasteiger partial charge on any atom is -0.496 e. The lowest BCUT2D eigenvalue weighted by Crippen LogP contribution is -2.39. The summed E-state index contributed by atoms with van der Waals surface area (Å²) in [6.07, 6.45) is 0.811. The van der Waals surface area contributed by atoms with Crippen LogP contribution in [0.25, 0.3) is 0 Å². The molecule has 1 aromatic rings. The summed E-state index contributed by atoms with van der Waals surface area (Å²) in [6.45, 7) is 4.44. The minimum atomic E-state index is 0.219. The highest BCUT2D eigenvalue weighted by Gasteiger charge is 2.12. The molecule has 0 aliphatic rings. The van der Waals surface area contributed by atoms with Crippen LogP contribution in [-0.4, -0.2) is 24.7 Å². The van der Waals surface area contributed by atoms with E-state index in [1.165, 1.54) is 0 Å². The van der Waals surface area contributed by atoms with E-state index in [0.717, 1.165) is 34.3 Å². The van der Waals surface area contributed by atoms with Crippen LogP contribution in [-0.2, 0) is 6.42 Å². The van der Waals surface area contributed by atoms with Gasteiger partial charge in [-0.15, -0.1) is 0 Å². The average molecular weight is 303 g/mol. The second-order valence-corrected chi connectivity index (χ2v) is 6.47. The van der Waals surface area contributed by atoms with Gasteiger partial charge in [0.2, 0.25) is 0 Å². The van der Waals surface area contributed by atoms with Crippen molar-refractivity contribution in [2.45, 2.75) is 26.3 Å². The van der Waals surface area contributed by atoms with Crippen molar-refractivity contribution in [1.82, 2.24) is 5.43 Å². The molecule has 0 aromatic heterocycles. The van der Waals surface area contributed by atoms with Gasteiger partial charge in [-0.3, -0.25) is 11.3 Å². The summed E-state index contributed by atoms with van der Waals surface area (Å²) in [4.78, 5) is 0. The zero-order valence-corrected chi connectivity index (χ0v) is 13.4. The predicted molar refractivity (Wildman–Crippen MR) is 85.0 cm³/mol. The lowest BCUT2D eigenvalue weighted by atomic mass is 10.1. The summed E-state index contributed by atoms with van der Waals surface area (Å²) in [5, 5.41) is 0.724. The molecule has 3 N–H and O–H groups in total. The highest BCUT2D eigenvalue weighted by atomic mass is 35.5. The fourth-order valence-corrected chi connectivity index (χ4v) is 3.08. The Hall–Kier alpha value is -0.420. The molecule has 0 radical (unpaired) electrons. The number of hydrogen-bond acceptors (Lipinski definition) is 4. The first-order valence-corrected chi connectivity index (χ1v) is 7.96. The van der Waals surface area contributed by atoms with E-state index in [1.807, 2.05) is 30.0 Å². The van der Waals surface area contributed by atoms with Crippen molar-refractivity contribution in [1.29, 1.82) is 0 Å². The number of benzene rings is 1. The van der Waals surface area contributed by atoms with Crippen molar-refractivity contribution in [2.75, 3.05) is 18.6 Å². The Labute approximate surface area is 125 Å². The van der Waals surface area contributed by atoms with Gasteiger partial charge < -0.3 is 4.74 Å². The van der Waals surface area contributed by atoms with E-state index in [4.69, 9.17) is 22.2 Å². The molecule has 3 nitrogen and oxygen atoms in total. The molecule has 0 fully saturated rings. The highest BCUT2D eigenvalue weighted by molar-refractivity contribution is 7.99. The molecule has 0 bridgehead atoms. The van der Waals surface area contributed by atoms with Crippen LogP contribution < -0.4 is 16.0 Å². The third kappa shape index (κ3) is 6.04. The van der Waals surface area contributed by atoms with Crippen LogP contribution in [0.15, 0.2) is 18.2 Å². The van der Waals surface area contributed by atoms with Gasteiger partial charge in [-0.05, 0) is 41.9 Å². The van der Waals surface area contributed by atoms with E-state index in [9.17, 15) is 0 Å². The maximum atomic E-state index is 6.03. The Morgan fingerprint density at radius 3 is 2.68 bits per heavy atom. The van der Waals surface area contributed by atoms with E-state index in [0.29, 0.717) is 5.92 Å². The average Bonchev–Trinajstić information content (AvgIpc) is 2.37. The number of rotatable bonds is 8. The predicted octanol–water partition coefficient (Wildman–Crippen LogP) is 3.11. The van der Waals surface area contributed by atoms with Crippen LogP contribution in [0.5, 0.6) is 5.75 Å². The fraction of sp³-hybridized carbons (Fsp3) is 0.571. The molecular formula is C14H23ClN2OS. The highest BCUT2D eigenvalue weighted by Crippen LogP contribution is 2.24. The number of halogens is 1. The van der Waals surface area contributed by atoms with Gasteiger partial charge >= 0.3 is 0 Å². The van der Waals surface area contributed by atoms with Gasteiger partial charge in [0, 0.05) is 16.8 Å². The second-order valence-electron chi connectivity index (χ2n) is 4.96. The fourth-order valence-electron chi connectivity index (χ4n) is 1.78. The number of nitrogens with two attached hydrogens (primary N) is 1. The smallest absolute Gasteiger partial charge is 0.122 e. The molecule has 0 heterocycles. The zero-order chi connectivity index (χ0) is 14.3. The molecule has 0 spiro atoms. The van der Waals surface area contributed by atoms with Crippen LogP contribution in [0.2, 0.25) is 5.02 Å². The lowest BCUT2D eigenvalue weighted by molar-refractivity contribution is 0.406. The number of hydrazine groups is 1. The lowest BCUT2D eigenvalue weighted by Gasteiger charge is -2.18. The molecule has 1 aromatic carbocycles. The SMILES string of the molecule is COc1ccc(Cl)cc1CC(CSCC(C)C)NN. The van der Waals surface area contributed by atoms with Crippen LogP contribution in [0, 0.1) is 5.92 Å². The van der Waals surface area contributed by atoms with Crippen LogP contribution in [0.3, 0.4) is 0 Å². The molecule has 0 amide bonds. The number of thioether (sulfide) groups is 1. The molecule has 0 saturated carbocycles. The normalized spacial score (nSPS) is 12.7. The van der Waals surface area contributed by atoms with Crippen molar-refractivity contribution in [3.63, 3.8) is 0 Å². The Balaban J connectivity index is 2.61. The number of hydrogen-bond donors (Lipinski definition) is 2. The summed E-state index contributed by atoms with van der Waals surface area (Å²) in [5.74, 6) is 9.31. The van der Waals surface area contributed by atoms with Gasteiger partial charge in [-0.2, -0.15) is 11.8 Å². The first kappa shape index (κ1) is 16.6. The molecule has 0 aliphatic carbocycles. The van der Waals surface area contributed by atoms with E-state index in [1.54, 1.807) is 7.11 Å². The first-order chi connectivity index (χ1) is 9.06. The van der Waals surface area contributed by atoms with E-state index < -0.39 is 0 Å². The quantitative estimate of drug-likeness (QED) is 0.572. The van der Waals surface area contributed by atoms with E-state index >= 15 is 0 Å². The zero-order valence-electron chi connectivity index (χ0n) is 11.8. The molecular weight excluding hydrogens is 280 g/mol. The summed E-state index contributed by atoms with van der Waals surface area (Å²) in [5.41, 5.74) is 3.96. The van der Waals surface area contributed by atoms with Crippen molar-refractivity contribution in [2.24, 2.45) is 11.8 Å². The van der Waals surface area contributed by atoms with Gasteiger partial charge in [0.1, 0.15) is 5.75 Å². The van der Waals surface area contributed by atoms with Crippen LogP contribution in [0.4, 0.5) is 0 Å². The van der Waals surface area contributed by atoms with Gasteiger partial charge in [-0.25, -0.2) is 0 Å². The van der Waals surface area contributed by atoms with Crippen LogP contribution >= 0.6 is 23.4 Å². The molecule has 19 heavy (non-hydrogen) atoms. The van der Waals surface area contributed by atoms with Gasteiger partial charge in [-0.1, -0.05) is 25.4 Å². The third-order valence-electron chi connectivity index (χ3n) is 2.71. The van der Waals surface area contributed by atoms with E-state index in [-0.39, 0.29) is 6.04 Å². The standard InChI is InChI=1S/C14H23ClN2OS/c1-10(2)8-19-9-13(17-16)7-11-6-12(15)4-5-14(11)18-3/h4-6,10,13,17H,7-9,16H2,1-3H3. The van der Waals surface area contributed by atoms with E-state index in [2.05, 4.69) is 19.3 Å². The molecule has 108 valence electrons. The Morgan fingerprint density at radius 1 is 1.37 bits per heavy atom. The molecule has 5 heteroatoms. The molecule has 0 saturated heterocycles. The van der Waals surface area contributed by atoms with Crippen molar-refractivity contribution in [3.05, 3.63) is 28.8 Å². The second kappa shape index (κ2) is 8.69. The topological polar surface area (TPSA) is 47.3 Å².